The van der Waals surface area contributed by atoms with Gasteiger partial charge in [0.25, 0.3) is 5.69 Å². The molecule has 0 fully saturated rings. The number of hydrazone groups is 1. The van der Waals surface area contributed by atoms with Crippen LogP contribution in [0.4, 0.5) is 11.4 Å². The third kappa shape index (κ3) is 4.70. The van der Waals surface area contributed by atoms with Gasteiger partial charge in [0, 0.05) is 23.1 Å². The third-order valence-electron chi connectivity index (χ3n) is 4.43. The molecule has 0 spiro atoms. The van der Waals surface area contributed by atoms with Gasteiger partial charge >= 0.3 is 0 Å². The van der Waals surface area contributed by atoms with Gasteiger partial charge in [-0.25, -0.2) is 9.98 Å². The Labute approximate surface area is 177 Å². The zero-order chi connectivity index (χ0) is 21.6. The highest BCUT2D eigenvalue weighted by Gasteiger charge is 2.10. The van der Waals surface area contributed by atoms with Crippen LogP contribution in [-0.2, 0) is 0 Å². The molecule has 31 heavy (non-hydrogen) atoms. The largest absolute Gasteiger partial charge is 0.507 e. The number of aliphatic imine (C=N–C) groups is 1. The number of non-ortho nitro benzene ring substituents is 1. The van der Waals surface area contributed by atoms with Gasteiger partial charge in [-0.1, -0.05) is 42.5 Å². The third-order valence-corrected chi connectivity index (χ3v) is 4.43. The standard InChI is InChI=1S/C23H17N5O3/c29-22-13-11-19(28(30)31)14-17(22)15-24-27-23(25-18-7-2-1-3-8-18)21-12-10-16-6-4-5-9-20(16)26-21/h1-15,29H,(H,25,27)/b24-15-. The van der Waals surface area contributed by atoms with Gasteiger partial charge in [-0.05, 0) is 30.3 Å². The average Bonchev–Trinajstić information content (AvgIpc) is 2.80. The van der Waals surface area contributed by atoms with E-state index in [1.807, 2.05) is 66.7 Å². The smallest absolute Gasteiger partial charge is 0.270 e. The molecule has 3 aromatic carbocycles. The number of fused-ring (bicyclic) bond motifs is 1. The Morgan fingerprint density at radius 2 is 1.77 bits per heavy atom. The van der Waals surface area contributed by atoms with E-state index >= 15 is 0 Å². The maximum Gasteiger partial charge on any atom is 0.270 e. The van der Waals surface area contributed by atoms with Crippen LogP contribution in [0.2, 0.25) is 0 Å². The summed E-state index contributed by atoms with van der Waals surface area (Å²) in [6.07, 6.45) is 1.30. The van der Waals surface area contributed by atoms with Gasteiger partial charge in [0.1, 0.15) is 11.4 Å². The Hall–Kier alpha value is -4.59. The van der Waals surface area contributed by atoms with Crippen molar-refractivity contribution in [1.82, 2.24) is 10.4 Å². The van der Waals surface area contributed by atoms with Crippen LogP contribution < -0.4 is 5.43 Å². The van der Waals surface area contributed by atoms with Crippen LogP contribution >= 0.6 is 0 Å². The Kier molecular flexibility index (Phi) is 5.62. The van der Waals surface area contributed by atoms with Crippen molar-refractivity contribution in [3.63, 3.8) is 0 Å². The van der Waals surface area contributed by atoms with Crippen molar-refractivity contribution >= 4 is 34.3 Å². The van der Waals surface area contributed by atoms with Crippen molar-refractivity contribution in [2.75, 3.05) is 0 Å². The number of hydrogen-bond donors (Lipinski definition) is 2. The number of phenolic OH excluding ortho intramolecular Hbond substituents is 1. The van der Waals surface area contributed by atoms with Gasteiger partial charge in [0.05, 0.1) is 22.3 Å². The Morgan fingerprint density at radius 3 is 2.58 bits per heavy atom. The van der Waals surface area contributed by atoms with E-state index in [1.165, 1.54) is 24.4 Å². The van der Waals surface area contributed by atoms with E-state index in [4.69, 9.17) is 0 Å². The van der Waals surface area contributed by atoms with Crippen molar-refractivity contribution in [1.29, 1.82) is 0 Å². The van der Waals surface area contributed by atoms with Crippen LogP contribution in [0.15, 0.2) is 95.0 Å². The molecule has 8 heteroatoms. The van der Waals surface area contributed by atoms with E-state index in [-0.39, 0.29) is 17.0 Å². The molecule has 4 rings (SSSR count). The summed E-state index contributed by atoms with van der Waals surface area (Å²) in [5.41, 5.74) is 4.99. The maximum atomic E-state index is 11.0. The minimum Gasteiger partial charge on any atom is -0.507 e. The number of para-hydroxylation sites is 2. The number of nitrogens with zero attached hydrogens (tertiary/aromatic N) is 4. The highest BCUT2D eigenvalue weighted by molar-refractivity contribution is 6.00. The summed E-state index contributed by atoms with van der Waals surface area (Å²) in [5, 5.41) is 26.1. The fourth-order valence-corrected chi connectivity index (χ4v) is 2.89. The lowest BCUT2D eigenvalue weighted by Gasteiger charge is -2.07. The summed E-state index contributed by atoms with van der Waals surface area (Å²) >= 11 is 0. The van der Waals surface area contributed by atoms with Crippen LogP contribution in [0.25, 0.3) is 10.9 Å². The predicted octanol–water partition coefficient (Wildman–Crippen LogP) is 4.55. The van der Waals surface area contributed by atoms with Crippen LogP contribution in [-0.4, -0.2) is 27.1 Å². The quantitative estimate of drug-likeness (QED) is 0.216. The van der Waals surface area contributed by atoms with Gasteiger partial charge < -0.3 is 5.11 Å². The molecule has 0 radical (unpaired) electrons. The summed E-state index contributed by atoms with van der Waals surface area (Å²) in [5.74, 6) is 0.264. The molecular weight excluding hydrogens is 394 g/mol. The van der Waals surface area contributed by atoms with E-state index in [1.54, 1.807) is 0 Å². The molecule has 0 saturated heterocycles. The first kappa shape index (κ1) is 19.7. The lowest BCUT2D eigenvalue weighted by atomic mass is 10.2. The summed E-state index contributed by atoms with van der Waals surface area (Å²) in [7, 11) is 0. The van der Waals surface area contributed by atoms with E-state index in [9.17, 15) is 15.2 Å². The Balaban J connectivity index is 1.68. The van der Waals surface area contributed by atoms with Crippen molar-refractivity contribution in [2.45, 2.75) is 0 Å². The average molecular weight is 411 g/mol. The number of nitro benzene ring substituents is 1. The number of pyridine rings is 1. The van der Waals surface area contributed by atoms with Gasteiger partial charge in [0.2, 0.25) is 0 Å². The lowest BCUT2D eigenvalue weighted by Crippen LogP contribution is -2.20. The number of rotatable bonds is 5. The molecule has 2 N–H and O–H groups in total. The molecule has 0 unspecified atom stereocenters. The number of aromatic hydroxyl groups is 1. The van der Waals surface area contributed by atoms with Crippen LogP contribution in [0.1, 0.15) is 11.3 Å². The topological polar surface area (TPSA) is 113 Å². The van der Waals surface area contributed by atoms with E-state index in [0.29, 0.717) is 17.2 Å². The zero-order valence-corrected chi connectivity index (χ0v) is 16.2. The van der Waals surface area contributed by atoms with Crippen LogP contribution in [0.5, 0.6) is 5.75 Å². The molecule has 0 saturated carbocycles. The minimum absolute atomic E-state index is 0.124. The molecule has 4 aromatic rings. The Morgan fingerprint density at radius 1 is 1.00 bits per heavy atom. The first-order valence-corrected chi connectivity index (χ1v) is 9.36. The maximum absolute atomic E-state index is 11.0. The molecule has 0 amide bonds. The SMILES string of the molecule is O=[N+]([O-])c1ccc(O)c(/C=N\NC(=Nc2ccccc2)c2ccc3ccccc3n2)c1. The number of nitrogens with one attached hydrogen (secondary N) is 1. The number of hydrogen-bond acceptors (Lipinski definition) is 6. The first-order valence-electron chi connectivity index (χ1n) is 9.36. The van der Waals surface area contributed by atoms with Crippen molar-refractivity contribution in [3.05, 3.63) is 106 Å². The fourth-order valence-electron chi connectivity index (χ4n) is 2.89. The van der Waals surface area contributed by atoms with Gasteiger partial charge in [-0.15, -0.1) is 0 Å². The first-order chi connectivity index (χ1) is 15.1. The second-order valence-corrected chi connectivity index (χ2v) is 6.56. The Bertz CT molecular complexity index is 1300. The lowest BCUT2D eigenvalue weighted by molar-refractivity contribution is -0.384. The van der Waals surface area contributed by atoms with Crippen LogP contribution in [0.3, 0.4) is 0 Å². The van der Waals surface area contributed by atoms with Gasteiger partial charge in [-0.2, -0.15) is 5.10 Å². The molecular formula is C23H17N5O3. The number of benzene rings is 3. The molecule has 0 aliphatic heterocycles. The molecule has 0 bridgehead atoms. The van der Waals surface area contributed by atoms with E-state index < -0.39 is 4.92 Å². The van der Waals surface area contributed by atoms with Crippen molar-refractivity contribution in [2.24, 2.45) is 10.1 Å². The van der Waals surface area contributed by atoms with Crippen molar-refractivity contribution in [3.8, 4) is 5.75 Å². The minimum atomic E-state index is -0.536. The zero-order valence-electron chi connectivity index (χ0n) is 16.2. The molecule has 152 valence electrons. The second-order valence-electron chi connectivity index (χ2n) is 6.56. The molecule has 0 aliphatic rings. The number of phenols is 1. The summed E-state index contributed by atoms with van der Waals surface area (Å²) in [6.45, 7) is 0. The molecule has 1 aromatic heterocycles. The highest BCUT2D eigenvalue weighted by Crippen LogP contribution is 2.21. The highest BCUT2D eigenvalue weighted by atomic mass is 16.6. The van der Waals surface area contributed by atoms with E-state index in [0.717, 1.165) is 10.9 Å². The van der Waals surface area contributed by atoms with Crippen molar-refractivity contribution < 1.29 is 10.0 Å². The number of nitro groups is 1. The monoisotopic (exact) mass is 411 g/mol. The van der Waals surface area contributed by atoms with E-state index in [2.05, 4.69) is 20.5 Å². The van der Waals surface area contributed by atoms with Gasteiger partial charge in [-0.3, -0.25) is 15.5 Å². The number of aromatic nitrogens is 1. The molecule has 0 atom stereocenters. The normalized spacial score (nSPS) is 11.7. The number of amidine groups is 1. The molecule has 1 heterocycles. The fraction of sp³-hybridized carbons (Fsp3) is 0. The molecule has 8 nitrogen and oxygen atoms in total. The molecule has 0 aliphatic carbocycles. The second kappa shape index (κ2) is 8.83. The summed E-state index contributed by atoms with van der Waals surface area (Å²) < 4.78 is 0. The predicted molar refractivity (Wildman–Crippen MR) is 120 cm³/mol. The summed E-state index contributed by atoms with van der Waals surface area (Å²) in [4.78, 5) is 19.7. The van der Waals surface area contributed by atoms with Gasteiger partial charge in [0.15, 0.2) is 5.84 Å². The van der Waals surface area contributed by atoms with Crippen LogP contribution in [0, 0.1) is 10.1 Å². The summed E-state index contributed by atoms with van der Waals surface area (Å²) in [6, 6.07) is 24.5.